The van der Waals surface area contributed by atoms with Crippen LogP contribution in [-0.4, -0.2) is 36.3 Å². The van der Waals surface area contributed by atoms with Gasteiger partial charge in [-0.3, -0.25) is 14.5 Å². The van der Waals surface area contributed by atoms with Crippen molar-refractivity contribution in [2.45, 2.75) is 19.4 Å². The van der Waals surface area contributed by atoms with Crippen LogP contribution in [-0.2, 0) is 15.1 Å². The zero-order chi connectivity index (χ0) is 14.9. The van der Waals surface area contributed by atoms with Gasteiger partial charge >= 0.3 is 6.03 Å². The van der Waals surface area contributed by atoms with Crippen molar-refractivity contribution in [3.63, 3.8) is 0 Å². The van der Waals surface area contributed by atoms with Gasteiger partial charge in [-0.05, 0) is 19.4 Å². The molecule has 1 heterocycles. The Morgan fingerprint density at radius 3 is 2.45 bits per heavy atom. The maximum absolute atomic E-state index is 12.4. The zero-order valence-corrected chi connectivity index (χ0v) is 11.7. The molecule has 2 rings (SSSR count). The van der Waals surface area contributed by atoms with Crippen LogP contribution >= 0.6 is 0 Å². The van der Waals surface area contributed by atoms with E-state index >= 15 is 0 Å². The van der Waals surface area contributed by atoms with Crippen LogP contribution in [0.1, 0.15) is 18.1 Å². The normalized spacial score (nSPS) is 21.9. The molecule has 1 aliphatic heterocycles. The lowest BCUT2D eigenvalue weighted by atomic mass is 9.91. The topological polar surface area (TPSA) is 78.5 Å². The highest BCUT2D eigenvalue weighted by Crippen LogP contribution is 2.28. The highest BCUT2D eigenvalue weighted by atomic mass is 16.2. The number of benzene rings is 1. The van der Waals surface area contributed by atoms with E-state index in [2.05, 4.69) is 10.6 Å². The van der Waals surface area contributed by atoms with Crippen LogP contribution in [0.3, 0.4) is 0 Å². The van der Waals surface area contributed by atoms with E-state index in [4.69, 9.17) is 0 Å². The second-order valence-electron chi connectivity index (χ2n) is 4.99. The van der Waals surface area contributed by atoms with Gasteiger partial charge in [0.05, 0.1) is 0 Å². The van der Waals surface area contributed by atoms with Gasteiger partial charge in [-0.25, -0.2) is 4.79 Å². The first-order valence-electron chi connectivity index (χ1n) is 6.30. The van der Waals surface area contributed by atoms with Gasteiger partial charge in [0, 0.05) is 7.05 Å². The van der Waals surface area contributed by atoms with Gasteiger partial charge in [0.15, 0.2) is 0 Å². The Bertz CT molecular complexity index is 568. The summed E-state index contributed by atoms with van der Waals surface area (Å²) in [6.45, 7) is 3.31. The molecule has 0 aliphatic carbocycles. The Kier molecular flexibility index (Phi) is 3.48. The average molecular weight is 275 g/mol. The van der Waals surface area contributed by atoms with Crippen molar-refractivity contribution in [3.8, 4) is 0 Å². The van der Waals surface area contributed by atoms with Crippen molar-refractivity contribution < 1.29 is 14.4 Å². The number of rotatable bonds is 3. The molecule has 1 saturated heterocycles. The summed E-state index contributed by atoms with van der Waals surface area (Å²) in [7, 11) is 1.46. The molecule has 1 unspecified atom stereocenters. The molecule has 1 fully saturated rings. The van der Waals surface area contributed by atoms with Crippen LogP contribution in [0, 0.1) is 6.92 Å². The van der Waals surface area contributed by atoms with Gasteiger partial charge in [-0.1, -0.05) is 29.8 Å². The number of likely N-dealkylation sites (N-methyl/N-ethyl adjacent to an activating group) is 1. The van der Waals surface area contributed by atoms with Gasteiger partial charge in [0.25, 0.3) is 5.91 Å². The fourth-order valence-corrected chi connectivity index (χ4v) is 2.15. The van der Waals surface area contributed by atoms with Crippen LogP contribution in [0.15, 0.2) is 24.3 Å². The van der Waals surface area contributed by atoms with E-state index in [9.17, 15) is 14.4 Å². The minimum absolute atomic E-state index is 0.275. The highest BCUT2D eigenvalue weighted by Gasteiger charge is 2.49. The average Bonchev–Trinajstić information content (AvgIpc) is 2.64. The molecule has 0 aromatic heterocycles. The summed E-state index contributed by atoms with van der Waals surface area (Å²) in [6.07, 6.45) is 0. The number of nitrogens with one attached hydrogen (secondary N) is 2. The molecule has 1 atom stereocenters. The minimum Gasteiger partial charge on any atom is -0.358 e. The van der Waals surface area contributed by atoms with Gasteiger partial charge in [0.2, 0.25) is 5.91 Å². The number of amides is 4. The summed E-state index contributed by atoms with van der Waals surface area (Å²) >= 11 is 0. The summed E-state index contributed by atoms with van der Waals surface area (Å²) in [5.74, 6) is -0.809. The predicted molar refractivity (Wildman–Crippen MR) is 72.8 cm³/mol. The molecule has 2 N–H and O–H groups in total. The van der Waals surface area contributed by atoms with Crippen molar-refractivity contribution in [3.05, 3.63) is 35.4 Å². The standard InChI is InChI=1S/C14H17N3O3/c1-9-4-6-10(7-5-9)14(2)12(19)17(13(20)16-14)8-11(18)15-3/h4-7H,8H2,1-3H3,(H,15,18)(H,16,20). The van der Waals surface area contributed by atoms with E-state index in [0.29, 0.717) is 5.56 Å². The number of nitrogens with zero attached hydrogens (tertiary/aromatic N) is 1. The third-order valence-corrected chi connectivity index (χ3v) is 3.48. The molecular formula is C14H17N3O3. The third-order valence-electron chi connectivity index (χ3n) is 3.48. The predicted octanol–water partition coefficient (Wildman–Crippen LogP) is 0.508. The largest absolute Gasteiger partial charge is 0.358 e. The van der Waals surface area contributed by atoms with Gasteiger partial charge in [-0.2, -0.15) is 0 Å². The first-order valence-corrected chi connectivity index (χ1v) is 6.30. The second kappa shape index (κ2) is 4.96. The molecule has 0 saturated carbocycles. The molecule has 6 heteroatoms. The first kappa shape index (κ1) is 14.0. The highest BCUT2D eigenvalue weighted by molar-refractivity contribution is 6.09. The lowest BCUT2D eigenvalue weighted by Crippen LogP contribution is -2.42. The number of urea groups is 1. The lowest BCUT2D eigenvalue weighted by Gasteiger charge is -2.22. The summed E-state index contributed by atoms with van der Waals surface area (Å²) < 4.78 is 0. The van der Waals surface area contributed by atoms with Crippen molar-refractivity contribution >= 4 is 17.8 Å². The van der Waals surface area contributed by atoms with Crippen LogP contribution in [0.25, 0.3) is 0 Å². The van der Waals surface area contributed by atoms with E-state index < -0.39 is 17.5 Å². The molecule has 1 aliphatic rings. The van der Waals surface area contributed by atoms with E-state index in [1.807, 2.05) is 19.1 Å². The quantitative estimate of drug-likeness (QED) is 0.789. The smallest absolute Gasteiger partial charge is 0.325 e. The van der Waals surface area contributed by atoms with Crippen molar-refractivity contribution in [1.29, 1.82) is 0 Å². The first-order chi connectivity index (χ1) is 9.38. The maximum Gasteiger partial charge on any atom is 0.325 e. The molecule has 0 bridgehead atoms. The molecule has 4 amide bonds. The Labute approximate surface area is 117 Å². The van der Waals surface area contributed by atoms with E-state index in [1.165, 1.54) is 7.05 Å². The van der Waals surface area contributed by atoms with Crippen molar-refractivity contribution in [2.24, 2.45) is 0 Å². The Hall–Kier alpha value is -2.37. The summed E-state index contributed by atoms with van der Waals surface area (Å²) in [5.41, 5.74) is 0.635. The number of aryl methyl sites for hydroxylation is 1. The minimum atomic E-state index is -1.13. The van der Waals surface area contributed by atoms with Crippen LogP contribution in [0.2, 0.25) is 0 Å². The summed E-state index contributed by atoms with van der Waals surface area (Å²) in [4.78, 5) is 36.6. The number of hydrogen-bond donors (Lipinski definition) is 2. The Morgan fingerprint density at radius 1 is 1.30 bits per heavy atom. The number of carbonyl (C=O) groups excluding carboxylic acids is 3. The SMILES string of the molecule is CNC(=O)CN1C(=O)NC(C)(c2ccc(C)cc2)C1=O. The van der Waals surface area contributed by atoms with Crippen LogP contribution in [0.5, 0.6) is 0 Å². The molecule has 1 aromatic rings. The van der Waals surface area contributed by atoms with Crippen molar-refractivity contribution in [2.75, 3.05) is 13.6 Å². The number of carbonyl (C=O) groups is 3. The zero-order valence-electron chi connectivity index (χ0n) is 11.7. The van der Waals surface area contributed by atoms with Gasteiger partial charge in [0.1, 0.15) is 12.1 Å². The molecule has 0 radical (unpaired) electrons. The fourth-order valence-electron chi connectivity index (χ4n) is 2.15. The second-order valence-corrected chi connectivity index (χ2v) is 4.99. The number of hydrogen-bond acceptors (Lipinski definition) is 3. The lowest BCUT2D eigenvalue weighted by molar-refractivity contribution is -0.134. The molecule has 20 heavy (non-hydrogen) atoms. The molecular weight excluding hydrogens is 258 g/mol. The van der Waals surface area contributed by atoms with Gasteiger partial charge in [-0.15, -0.1) is 0 Å². The Morgan fingerprint density at radius 2 is 1.90 bits per heavy atom. The summed E-state index contributed by atoms with van der Waals surface area (Å²) in [5, 5.41) is 5.05. The fraction of sp³-hybridized carbons (Fsp3) is 0.357. The third kappa shape index (κ3) is 2.24. The van der Waals surface area contributed by atoms with E-state index in [0.717, 1.165) is 10.5 Å². The van der Waals surface area contributed by atoms with E-state index in [-0.39, 0.29) is 12.5 Å². The monoisotopic (exact) mass is 275 g/mol. The Balaban J connectivity index is 2.30. The molecule has 106 valence electrons. The van der Waals surface area contributed by atoms with Crippen LogP contribution in [0.4, 0.5) is 4.79 Å². The molecule has 0 spiro atoms. The van der Waals surface area contributed by atoms with Crippen LogP contribution < -0.4 is 10.6 Å². The summed E-state index contributed by atoms with van der Waals surface area (Å²) in [6, 6.07) is 6.80. The molecule has 6 nitrogen and oxygen atoms in total. The maximum atomic E-state index is 12.4. The van der Waals surface area contributed by atoms with Crippen molar-refractivity contribution in [1.82, 2.24) is 15.5 Å². The molecule has 1 aromatic carbocycles. The van der Waals surface area contributed by atoms with E-state index in [1.54, 1.807) is 19.1 Å². The number of imide groups is 1. The van der Waals surface area contributed by atoms with Gasteiger partial charge < -0.3 is 10.6 Å².